The van der Waals surface area contributed by atoms with Gasteiger partial charge >= 0.3 is 5.97 Å². The molecule has 0 amide bonds. The molecule has 0 aliphatic carbocycles. The molecule has 0 fully saturated rings. The Kier molecular flexibility index (Phi) is 10.6. The van der Waals surface area contributed by atoms with Gasteiger partial charge in [-0.3, -0.25) is 4.79 Å². The largest absolute Gasteiger partial charge is 0.493 e. The second-order valence-corrected chi connectivity index (χ2v) is 9.90. The van der Waals surface area contributed by atoms with E-state index < -0.39 is 5.97 Å². The van der Waals surface area contributed by atoms with Gasteiger partial charge in [0.2, 0.25) is 0 Å². The number of hydrogen-bond donors (Lipinski definition) is 1. The lowest BCUT2D eigenvalue weighted by atomic mass is 9.99. The summed E-state index contributed by atoms with van der Waals surface area (Å²) in [6.45, 7) is 14.6. The van der Waals surface area contributed by atoms with Gasteiger partial charge in [0, 0.05) is 18.9 Å². The molecule has 0 spiro atoms. The van der Waals surface area contributed by atoms with Crippen LogP contribution in [0.1, 0.15) is 64.7 Å². The molecule has 5 nitrogen and oxygen atoms in total. The Morgan fingerprint density at radius 2 is 1.36 bits per heavy atom. The van der Waals surface area contributed by atoms with Gasteiger partial charge in [0.15, 0.2) is 0 Å². The summed E-state index contributed by atoms with van der Waals surface area (Å²) >= 11 is 0. The Labute approximate surface area is 199 Å². The first-order valence-electron chi connectivity index (χ1n) is 12.0. The zero-order valence-corrected chi connectivity index (χ0v) is 21.0. The monoisotopic (exact) mass is 456 g/mol. The Morgan fingerprint density at radius 3 is 1.97 bits per heavy atom. The van der Waals surface area contributed by atoms with E-state index in [2.05, 4.69) is 59.7 Å². The van der Waals surface area contributed by atoms with E-state index in [1.165, 1.54) is 0 Å². The number of aliphatic carboxylic acids is 1. The molecule has 5 heteroatoms. The Balaban J connectivity index is 2.28. The summed E-state index contributed by atoms with van der Waals surface area (Å²) < 4.78 is 18.0. The quantitative estimate of drug-likeness (QED) is 0.356. The number of carboxylic acids is 1. The maximum absolute atomic E-state index is 11.2. The van der Waals surface area contributed by atoms with Gasteiger partial charge in [0.05, 0.1) is 19.8 Å². The molecule has 0 saturated carbocycles. The molecule has 2 aromatic rings. The van der Waals surface area contributed by atoms with Crippen LogP contribution in [0, 0.1) is 17.8 Å². The minimum Gasteiger partial charge on any atom is -0.493 e. The third-order valence-electron chi connectivity index (χ3n) is 4.89. The fraction of sp³-hybridized carbons (Fsp3) is 0.536. The van der Waals surface area contributed by atoms with Crippen LogP contribution in [0.4, 0.5) is 0 Å². The van der Waals surface area contributed by atoms with Crippen LogP contribution in [0.15, 0.2) is 36.4 Å². The van der Waals surface area contributed by atoms with Crippen LogP contribution in [0.25, 0.3) is 0 Å². The van der Waals surface area contributed by atoms with Gasteiger partial charge in [-0.25, -0.2) is 0 Å². The number of carbonyl (C=O) groups is 1. The van der Waals surface area contributed by atoms with Crippen molar-refractivity contribution in [3.05, 3.63) is 53.1 Å². The number of rotatable bonds is 14. The fourth-order valence-corrected chi connectivity index (χ4v) is 3.22. The fourth-order valence-electron chi connectivity index (χ4n) is 3.22. The smallest absolute Gasteiger partial charge is 0.303 e. The van der Waals surface area contributed by atoms with Gasteiger partial charge in [-0.2, -0.15) is 0 Å². The number of carboxylic acid groups (broad SMARTS) is 1. The van der Waals surface area contributed by atoms with Crippen LogP contribution >= 0.6 is 0 Å². The first-order valence-corrected chi connectivity index (χ1v) is 12.0. The van der Waals surface area contributed by atoms with E-state index in [0.29, 0.717) is 50.4 Å². The summed E-state index contributed by atoms with van der Waals surface area (Å²) in [4.78, 5) is 11.2. The molecule has 0 heterocycles. The van der Waals surface area contributed by atoms with Crippen LogP contribution < -0.4 is 14.2 Å². The molecule has 2 aromatic carbocycles. The van der Waals surface area contributed by atoms with Crippen LogP contribution in [0.5, 0.6) is 17.2 Å². The van der Waals surface area contributed by atoms with E-state index in [1.54, 1.807) is 0 Å². The summed E-state index contributed by atoms with van der Waals surface area (Å²) in [6, 6.07) is 12.1. The molecule has 0 saturated heterocycles. The Bertz CT molecular complexity index is 886. The maximum Gasteiger partial charge on any atom is 0.303 e. The van der Waals surface area contributed by atoms with Crippen molar-refractivity contribution in [3.63, 3.8) is 0 Å². The average molecular weight is 457 g/mol. The van der Waals surface area contributed by atoms with Gasteiger partial charge in [-0.05, 0) is 53.0 Å². The zero-order valence-electron chi connectivity index (χ0n) is 21.0. The molecule has 1 N–H and O–H groups in total. The molecule has 0 atom stereocenters. The van der Waals surface area contributed by atoms with Gasteiger partial charge in [-0.1, -0.05) is 59.7 Å². The highest BCUT2D eigenvalue weighted by Gasteiger charge is 2.13. The van der Waals surface area contributed by atoms with Gasteiger partial charge < -0.3 is 19.3 Å². The number of benzene rings is 2. The van der Waals surface area contributed by atoms with E-state index >= 15 is 0 Å². The van der Waals surface area contributed by atoms with Crippen LogP contribution in [0.2, 0.25) is 0 Å². The lowest BCUT2D eigenvalue weighted by Crippen LogP contribution is -2.09. The highest BCUT2D eigenvalue weighted by molar-refractivity contribution is 5.67. The summed E-state index contributed by atoms with van der Waals surface area (Å²) in [5.74, 6) is 2.86. The first-order chi connectivity index (χ1) is 15.6. The van der Waals surface area contributed by atoms with Crippen molar-refractivity contribution >= 4 is 5.97 Å². The van der Waals surface area contributed by atoms with E-state index in [-0.39, 0.29) is 6.42 Å². The minimum absolute atomic E-state index is 0.0755. The van der Waals surface area contributed by atoms with Crippen molar-refractivity contribution in [3.8, 4) is 17.2 Å². The van der Waals surface area contributed by atoms with Crippen LogP contribution in [-0.4, -0.2) is 30.9 Å². The lowest BCUT2D eigenvalue weighted by Gasteiger charge is -2.17. The van der Waals surface area contributed by atoms with Crippen molar-refractivity contribution < 1.29 is 24.1 Å². The first kappa shape index (κ1) is 26.6. The molecule has 33 heavy (non-hydrogen) atoms. The number of hydrogen-bond acceptors (Lipinski definition) is 4. The molecular weight excluding hydrogens is 416 g/mol. The molecule has 0 unspecified atom stereocenters. The number of aryl methyl sites for hydroxylation is 1. The van der Waals surface area contributed by atoms with E-state index in [0.717, 1.165) is 33.9 Å². The third-order valence-corrected chi connectivity index (χ3v) is 4.89. The third kappa shape index (κ3) is 9.77. The maximum atomic E-state index is 11.2. The van der Waals surface area contributed by atoms with E-state index in [1.807, 2.05) is 18.2 Å². The molecule has 2 rings (SSSR count). The van der Waals surface area contributed by atoms with Gasteiger partial charge in [-0.15, -0.1) is 0 Å². The molecule has 0 radical (unpaired) electrons. The van der Waals surface area contributed by atoms with Crippen molar-refractivity contribution in [1.82, 2.24) is 0 Å². The zero-order chi connectivity index (χ0) is 24.4. The predicted molar refractivity (Wildman–Crippen MR) is 133 cm³/mol. The van der Waals surface area contributed by atoms with Crippen molar-refractivity contribution in [2.45, 2.75) is 60.8 Å². The topological polar surface area (TPSA) is 65.0 Å². The summed E-state index contributed by atoms with van der Waals surface area (Å²) in [5.41, 5.74) is 3.10. The van der Waals surface area contributed by atoms with Crippen LogP contribution in [0.3, 0.4) is 0 Å². The van der Waals surface area contributed by atoms with Crippen molar-refractivity contribution in [2.75, 3.05) is 19.8 Å². The molecule has 0 aromatic heterocycles. The molecule has 0 aliphatic heterocycles. The lowest BCUT2D eigenvalue weighted by molar-refractivity contribution is -0.136. The van der Waals surface area contributed by atoms with Crippen molar-refractivity contribution in [2.24, 2.45) is 17.8 Å². The summed E-state index contributed by atoms with van der Waals surface area (Å²) in [7, 11) is 0. The number of ether oxygens (including phenoxy) is 3. The predicted octanol–water partition coefficient (Wildman–Crippen LogP) is 6.40. The highest BCUT2D eigenvalue weighted by Crippen LogP contribution is 2.30. The normalized spacial score (nSPS) is 11.3. The SMILES string of the molecule is CC(C)COc1ccc(Cc2ccc(OCC(C)C)c(CCC(=O)O)c2)c(OCC(C)C)c1. The summed E-state index contributed by atoms with van der Waals surface area (Å²) in [5, 5.41) is 9.16. The molecule has 182 valence electrons. The molecular formula is C28H40O5. The van der Waals surface area contributed by atoms with Crippen LogP contribution in [-0.2, 0) is 17.6 Å². The average Bonchev–Trinajstić information content (AvgIpc) is 2.74. The molecule has 0 aliphatic rings. The Morgan fingerprint density at radius 1 is 0.758 bits per heavy atom. The Hall–Kier alpha value is -2.69. The molecule has 0 bridgehead atoms. The van der Waals surface area contributed by atoms with Gasteiger partial charge in [0.25, 0.3) is 0 Å². The summed E-state index contributed by atoms with van der Waals surface area (Å²) in [6.07, 6.45) is 1.20. The van der Waals surface area contributed by atoms with Gasteiger partial charge in [0.1, 0.15) is 17.2 Å². The van der Waals surface area contributed by atoms with Crippen molar-refractivity contribution in [1.29, 1.82) is 0 Å². The minimum atomic E-state index is -0.809. The second-order valence-electron chi connectivity index (χ2n) is 9.90. The van der Waals surface area contributed by atoms with E-state index in [4.69, 9.17) is 19.3 Å². The standard InChI is InChI=1S/C28H40O5/c1-19(2)16-31-25-10-8-24(27(15-25)33-18-21(5)6)14-22-7-11-26(32-17-20(3)4)23(13-22)9-12-28(29)30/h7-8,10-11,13,15,19-21H,9,12,14,16-18H2,1-6H3,(H,29,30). The second kappa shape index (κ2) is 13.1. The highest BCUT2D eigenvalue weighted by atomic mass is 16.5. The van der Waals surface area contributed by atoms with E-state index in [9.17, 15) is 4.79 Å².